The molecule has 0 radical (unpaired) electrons. The summed E-state index contributed by atoms with van der Waals surface area (Å²) in [7, 11) is 0. The van der Waals surface area contributed by atoms with E-state index in [0.29, 0.717) is 5.41 Å². The molecule has 0 atom stereocenters. The summed E-state index contributed by atoms with van der Waals surface area (Å²) >= 11 is 3.69. The molecule has 2 rings (SSSR count). The summed E-state index contributed by atoms with van der Waals surface area (Å²) in [5, 5.41) is 8.23. The molecule has 0 spiro atoms. The number of rotatable bonds is 6. The van der Waals surface area contributed by atoms with E-state index in [0.717, 1.165) is 26.1 Å². The third-order valence-corrected chi connectivity index (χ3v) is 5.01. The smallest absolute Gasteiger partial charge is 0.0767 e. The topological polar surface area (TPSA) is 29.9 Å². The van der Waals surface area contributed by atoms with Crippen LogP contribution in [0.1, 0.15) is 51.4 Å². The monoisotopic (exact) mass is 313 g/mol. The molecule has 1 aromatic heterocycles. The molecule has 0 aliphatic heterocycles. The first kappa shape index (κ1) is 14.1. The summed E-state index contributed by atoms with van der Waals surface area (Å²) in [6, 6.07) is 0. The lowest BCUT2D eigenvalue weighted by Crippen LogP contribution is -2.37. The summed E-state index contributed by atoms with van der Waals surface area (Å²) in [6.07, 6.45) is 5.12. The molecule has 1 aliphatic rings. The summed E-state index contributed by atoms with van der Waals surface area (Å²) in [6.45, 7) is 9.65. The quantitative estimate of drug-likeness (QED) is 0.871. The molecule has 3 nitrogen and oxygen atoms in total. The number of aromatic nitrogens is 2. The summed E-state index contributed by atoms with van der Waals surface area (Å²) < 4.78 is 3.30. The van der Waals surface area contributed by atoms with Crippen LogP contribution in [0.2, 0.25) is 0 Å². The van der Waals surface area contributed by atoms with Gasteiger partial charge >= 0.3 is 0 Å². The van der Waals surface area contributed by atoms with Crippen molar-refractivity contribution in [1.82, 2.24) is 15.1 Å². The van der Waals surface area contributed by atoms with Crippen molar-refractivity contribution in [2.45, 2.75) is 59.5 Å². The van der Waals surface area contributed by atoms with E-state index in [4.69, 9.17) is 0 Å². The second-order valence-electron chi connectivity index (χ2n) is 5.64. The van der Waals surface area contributed by atoms with Gasteiger partial charge in [-0.2, -0.15) is 5.10 Å². The van der Waals surface area contributed by atoms with Crippen molar-refractivity contribution in [3.8, 4) is 0 Å². The molecule has 0 amide bonds. The number of nitrogens with zero attached hydrogens (tertiary/aromatic N) is 2. The Kier molecular flexibility index (Phi) is 4.49. The fraction of sp³-hybridized carbons (Fsp3) is 0.786. The van der Waals surface area contributed by atoms with Crippen molar-refractivity contribution >= 4 is 15.9 Å². The van der Waals surface area contributed by atoms with E-state index in [1.807, 2.05) is 0 Å². The molecule has 1 heterocycles. The molecule has 1 fully saturated rings. The van der Waals surface area contributed by atoms with Gasteiger partial charge in [0.05, 0.1) is 15.9 Å². The van der Waals surface area contributed by atoms with Crippen LogP contribution in [-0.2, 0) is 19.5 Å². The minimum atomic E-state index is 0.539. The Morgan fingerprint density at radius 2 is 2.11 bits per heavy atom. The molecule has 0 bridgehead atoms. The van der Waals surface area contributed by atoms with Crippen LogP contribution in [0, 0.1) is 5.41 Å². The molecule has 0 saturated heterocycles. The molecule has 18 heavy (non-hydrogen) atoms. The second kappa shape index (κ2) is 5.74. The minimum Gasteiger partial charge on any atom is -0.311 e. The third-order valence-electron chi connectivity index (χ3n) is 4.10. The predicted molar refractivity (Wildman–Crippen MR) is 78.6 cm³/mol. The van der Waals surface area contributed by atoms with Crippen LogP contribution >= 0.6 is 15.9 Å². The molecule has 1 N–H and O–H groups in total. The SMILES string of the molecule is CCc1nn(CC)c(CNCC2(C)CCC2)c1Br. The Morgan fingerprint density at radius 1 is 1.39 bits per heavy atom. The average Bonchev–Trinajstić information content (AvgIpc) is 2.64. The van der Waals surface area contributed by atoms with Gasteiger partial charge in [0.15, 0.2) is 0 Å². The molecule has 1 aliphatic carbocycles. The molecular weight excluding hydrogens is 290 g/mol. The van der Waals surface area contributed by atoms with Crippen molar-refractivity contribution in [3.63, 3.8) is 0 Å². The molecular formula is C14H24BrN3. The van der Waals surface area contributed by atoms with E-state index in [1.165, 1.54) is 35.1 Å². The number of nitrogens with one attached hydrogen (secondary N) is 1. The van der Waals surface area contributed by atoms with Crippen molar-refractivity contribution in [2.75, 3.05) is 6.54 Å². The fourth-order valence-corrected chi connectivity index (χ4v) is 3.33. The van der Waals surface area contributed by atoms with Gasteiger partial charge in [-0.15, -0.1) is 0 Å². The van der Waals surface area contributed by atoms with Crippen molar-refractivity contribution in [3.05, 3.63) is 15.9 Å². The highest BCUT2D eigenvalue weighted by molar-refractivity contribution is 9.10. The van der Waals surface area contributed by atoms with Gasteiger partial charge in [-0.25, -0.2) is 0 Å². The van der Waals surface area contributed by atoms with Crippen LogP contribution in [0.15, 0.2) is 4.47 Å². The van der Waals surface area contributed by atoms with Gasteiger partial charge < -0.3 is 5.32 Å². The van der Waals surface area contributed by atoms with Crippen LogP contribution in [-0.4, -0.2) is 16.3 Å². The van der Waals surface area contributed by atoms with Gasteiger partial charge in [0, 0.05) is 19.6 Å². The highest BCUT2D eigenvalue weighted by Gasteiger charge is 2.31. The Morgan fingerprint density at radius 3 is 2.61 bits per heavy atom. The van der Waals surface area contributed by atoms with E-state index >= 15 is 0 Å². The van der Waals surface area contributed by atoms with Crippen LogP contribution in [0.25, 0.3) is 0 Å². The van der Waals surface area contributed by atoms with Crippen molar-refractivity contribution < 1.29 is 0 Å². The first-order valence-corrected chi connectivity index (χ1v) is 7.83. The summed E-state index contributed by atoms with van der Waals surface area (Å²) in [5.41, 5.74) is 3.00. The molecule has 0 unspecified atom stereocenters. The van der Waals surface area contributed by atoms with E-state index in [9.17, 15) is 0 Å². The van der Waals surface area contributed by atoms with E-state index in [2.05, 4.69) is 51.8 Å². The highest BCUT2D eigenvalue weighted by atomic mass is 79.9. The van der Waals surface area contributed by atoms with Crippen LogP contribution < -0.4 is 5.32 Å². The largest absolute Gasteiger partial charge is 0.311 e. The lowest BCUT2D eigenvalue weighted by atomic mass is 9.70. The number of halogens is 1. The lowest BCUT2D eigenvalue weighted by Gasteiger charge is -2.38. The van der Waals surface area contributed by atoms with Crippen LogP contribution in [0.4, 0.5) is 0 Å². The van der Waals surface area contributed by atoms with Gasteiger partial charge in [0.25, 0.3) is 0 Å². The number of aryl methyl sites for hydroxylation is 2. The van der Waals surface area contributed by atoms with E-state index in [1.54, 1.807) is 0 Å². The first-order valence-electron chi connectivity index (χ1n) is 7.04. The number of hydrogen-bond donors (Lipinski definition) is 1. The maximum atomic E-state index is 4.63. The maximum Gasteiger partial charge on any atom is 0.0767 e. The predicted octanol–water partition coefficient (Wildman–Crippen LogP) is 3.51. The summed E-state index contributed by atoms with van der Waals surface area (Å²) in [4.78, 5) is 0. The average molecular weight is 314 g/mol. The molecule has 1 saturated carbocycles. The second-order valence-corrected chi connectivity index (χ2v) is 6.44. The van der Waals surface area contributed by atoms with E-state index < -0.39 is 0 Å². The number of hydrogen-bond acceptors (Lipinski definition) is 2. The first-order chi connectivity index (χ1) is 8.59. The van der Waals surface area contributed by atoms with Gasteiger partial charge in [-0.05, 0) is 47.5 Å². The minimum absolute atomic E-state index is 0.539. The Bertz CT molecular complexity index is 407. The molecule has 0 aromatic carbocycles. The van der Waals surface area contributed by atoms with Gasteiger partial charge in [-0.1, -0.05) is 20.3 Å². The fourth-order valence-electron chi connectivity index (χ4n) is 2.63. The third kappa shape index (κ3) is 2.80. The highest BCUT2D eigenvalue weighted by Crippen LogP contribution is 2.39. The normalized spacial score (nSPS) is 17.8. The Labute approximate surface area is 118 Å². The maximum absolute atomic E-state index is 4.63. The molecule has 102 valence electrons. The summed E-state index contributed by atoms with van der Waals surface area (Å²) in [5.74, 6) is 0. The van der Waals surface area contributed by atoms with Crippen molar-refractivity contribution in [2.24, 2.45) is 5.41 Å². The standard InChI is InChI=1S/C14H24BrN3/c1-4-11-13(15)12(18(5-2)17-11)9-16-10-14(3)7-6-8-14/h16H,4-10H2,1-3H3. The zero-order valence-electron chi connectivity index (χ0n) is 11.7. The zero-order valence-corrected chi connectivity index (χ0v) is 13.3. The Hall–Kier alpha value is -0.350. The van der Waals surface area contributed by atoms with E-state index in [-0.39, 0.29) is 0 Å². The lowest BCUT2D eigenvalue weighted by molar-refractivity contribution is 0.156. The Balaban J connectivity index is 1.97. The zero-order chi connectivity index (χ0) is 13.2. The molecule has 1 aromatic rings. The van der Waals surface area contributed by atoms with Gasteiger partial charge in [0.2, 0.25) is 0 Å². The van der Waals surface area contributed by atoms with Crippen LogP contribution in [0.5, 0.6) is 0 Å². The van der Waals surface area contributed by atoms with Crippen molar-refractivity contribution in [1.29, 1.82) is 0 Å². The van der Waals surface area contributed by atoms with Gasteiger partial charge in [0.1, 0.15) is 0 Å². The van der Waals surface area contributed by atoms with Crippen LogP contribution in [0.3, 0.4) is 0 Å². The van der Waals surface area contributed by atoms with Gasteiger partial charge in [-0.3, -0.25) is 4.68 Å². The molecule has 4 heteroatoms.